The number of halogens is 5. The minimum atomic E-state index is -5.15. The summed E-state index contributed by atoms with van der Waals surface area (Å²) in [6, 6.07) is 3.78. The zero-order valence-corrected chi connectivity index (χ0v) is 12.2. The first-order valence-corrected chi connectivity index (χ1v) is 6.23. The molecule has 0 aliphatic rings. The molecule has 0 aromatic heterocycles. The molecule has 0 saturated carbocycles. The fourth-order valence-corrected chi connectivity index (χ4v) is 2.09. The topological polar surface area (TPSA) is 66.4 Å². The molecule has 9 heteroatoms. The number of alkyl halides is 3. The van der Waals surface area contributed by atoms with Gasteiger partial charge in [-0.3, -0.25) is 4.79 Å². The first-order valence-electron chi connectivity index (χ1n) is 5.06. The minimum Gasteiger partial charge on any atom is -0.479 e. The molecule has 110 valence electrons. The monoisotopic (exact) mass is 373 g/mol. The fraction of sp³-hybridized carbons (Fsp3) is 0.273. The summed E-state index contributed by atoms with van der Waals surface area (Å²) in [5, 5.41) is 10.3. The van der Waals surface area contributed by atoms with Crippen molar-refractivity contribution in [2.24, 2.45) is 0 Å². The number of carboxylic acids is 1. The molecule has 0 fully saturated rings. The second-order valence-electron chi connectivity index (χ2n) is 4.04. The number of hydrogen-bond acceptors (Lipinski definition) is 2. The van der Waals surface area contributed by atoms with Crippen molar-refractivity contribution in [3.05, 3.63) is 33.3 Å². The van der Waals surface area contributed by atoms with E-state index in [2.05, 4.69) is 15.9 Å². The number of carboxylic acid groups (broad SMARTS) is 1. The summed E-state index contributed by atoms with van der Waals surface area (Å²) in [6.45, 7) is 0.368. The van der Waals surface area contributed by atoms with E-state index in [0.29, 0.717) is 11.4 Å². The first kappa shape index (κ1) is 16.8. The number of amides is 1. The molecular formula is C11H8BrClF3NO3. The van der Waals surface area contributed by atoms with E-state index in [1.165, 1.54) is 17.4 Å². The Labute approximate surface area is 125 Å². The summed E-state index contributed by atoms with van der Waals surface area (Å²) in [6.07, 6.45) is -5.15. The molecule has 1 unspecified atom stereocenters. The van der Waals surface area contributed by atoms with Crippen molar-refractivity contribution in [2.45, 2.75) is 18.6 Å². The summed E-state index contributed by atoms with van der Waals surface area (Å²) in [5.74, 6) is -3.41. The van der Waals surface area contributed by atoms with E-state index in [1.54, 1.807) is 0 Å². The largest absolute Gasteiger partial charge is 0.479 e. The zero-order chi connectivity index (χ0) is 15.7. The lowest BCUT2D eigenvalue weighted by Gasteiger charge is -2.28. The van der Waals surface area contributed by atoms with Gasteiger partial charge in [-0.15, -0.1) is 0 Å². The van der Waals surface area contributed by atoms with Crippen LogP contribution in [0.4, 0.5) is 13.2 Å². The second kappa shape index (κ2) is 5.61. The van der Waals surface area contributed by atoms with E-state index >= 15 is 0 Å². The van der Waals surface area contributed by atoms with Crippen molar-refractivity contribution < 1.29 is 27.9 Å². The van der Waals surface area contributed by atoms with Crippen LogP contribution in [-0.2, 0) is 4.79 Å². The van der Waals surface area contributed by atoms with Crippen LogP contribution >= 0.6 is 27.5 Å². The molecule has 0 saturated heterocycles. The number of nitrogens with one attached hydrogen (secondary N) is 1. The molecular weight excluding hydrogens is 366 g/mol. The Kier molecular flexibility index (Phi) is 4.70. The van der Waals surface area contributed by atoms with Gasteiger partial charge in [-0.25, -0.2) is 4.79 Å². The molecule has 1 rings (SSSR count). The standard InChI is InChI=1S/C11H8BrClF3NO3/c1-10(9(19)20,11(14,15)16)17-8(18)5-2-6(12)4-7(13)3-5/h2-4H,1H3,(H,17,18)(H,19,20). The molecule has 0 radical (unpaired) electrons. The Hall–Kier alpha value is -1.28. The summed E-state index contributed by atoms with van der Waals surface area (Å²) in [4.78, 5) is 22.6. The maximum atomic E-state index is 12.8. The summed E-state index contributed by atoms with van der Waals surface area (Å²) in [5.41, 5.74) is -3.58. The number of rotatable bonds is 3. The number of benzene rings is 1. The van der Waals surface area contributed by atoms with Crippen molar-refractivity contribution in [1.29, 1.82) is 0 Å². The highest BCUT2D eigenvalue weighted by Crippen LogP contribution is 2.31. The van der Waals surface area contributed by atoms with Gasteiger partial charge in [-0.2, -0.15) is 13.2 Å². The smallest absolute Gasteiger partial charge is 0.422 e. The predicted octanol–water partition coefficient (Wildman–Crippen LogP) is 3.24. The highest BCUT2D eigenvalue weighted by atomic mass is 79.9. The van der Waals surface area contributed by atoms with Crippen LogP contribution < -0.4 is 5.32 Å². The van der Waals surface area contributed by atoms with Gasteiger partial charge in [0.05, 0.1) is 0 Å². The average molecular weight is 375 g/mol. The van der Waals surface area contributed by atoms with Gasteiger partial charge in [0.2, 0.25) is 5.54 Å². The zero-order valence-electron chi connectivity index (χ0n) is 9.89. The van der Waals surface area contributed by atoms with Crippen molar-refractivity contribution in [1.82, 2.24) is 5.32 Å². The Morgan fingerprint density at radius 3 is 2.25 bits per heavy atom. The van der Waals surface area contributed by atoms with Crippen molar-refractivity contribution in [2.75, 3.05) is 0 Å². The third-order valence-corrected chi connectivity index (χ3v) is 3.16. The van der Waals surface area contributed by atoms with E-state index in [4.69, 9.17) is 16.7 Å². The number of hydrogen-bond donors (Lipinski definition) is 2. The third-order valence-electron chi connectivity index (χ3n) is 2.48. The molecule has 1 atom stereocenters. The normalized spacial score (nSPS) is 14.5. The van der Waals surface area contributed by atoms with Crippen molar-refractivity contribution >= 4 is 39.4 Å². The molecule has 1 aromatic rings. The lowest BCUT2D eigenvalue weighted by atomic mass is 10.0. The van der Waals surface area contributed by atoms with Gasteiger partial charge >= 0.3 is 12.1 Å². The number of aliphatic carboxylic acids is 1. The predicted molar refractivity (Wildman–Crippen MR) is 68.7 cm³/mol. The molecule has 0 spiro atoms. The molecule has 4 nitrogen and oxygen atoms in total. The molecule has 1 aromatic carbocycles. The van der Waals surface area contributed by atoms with Gasteiger partial charge < -0.3 is 10.4 Å². The van der Waals surface area contributed by atoms with E-state index in [9.17, 15) is 22.8 Å². The number of carbonyl (C=O) groups excluding carboxylic acids is 1. The lowest BCUT2D eigenvalue weighted by molar-refractivity contribution is -0.203. The van der Waals surface area contributed by atoms with Crippen molar-refractivity contribution in [3.63, 3.8) is 0 Å². The third kappa shape index (κ3) is 3.43. The van der Waals surface area contributed by atoms with Crippen LogP contribution in [0, 0.1) is 0 Å². The van der Waals surface area contributed by atoms with Gasteiger partial charge in [0.1, 0.15) is 0 Å². The average Bonchev–Trinajstić information content (AvgIpc) is 2.25. The van der Waals surface area contributed by atoms with Gasteiger partial charge in [-0.1, -0.05) is 27.5 Å². The Balaban J connectivity index is 3.13. The summed E-state index contributed by atoms with van der Waals surface area (Å²) < 4.78 is 38.7. The second-order valence-corrected chi connectivity index (χ2v) is 5.39. The maximum Gasteiger partial charge on any atom is 0.422 e. The quantitative estimate of drug-likeness (QED) is 0.854. The van der Waals surface area contributed by atoms with Crippen molar-refractivity contribution in [3.8, 4) is 0 Å². The van der Waals surface area contributed by atoms with Crippen LogP contribution in [0.25, 0.3) is 0 Å². The van der Waals surface area contributed by atoms with Crippen LogP contribution in [0.15, 0.2) is 22.7 Å². The van der Waals surface area contributed by atoms with Crippen LogP contribution in [0.2, 0.25) is 5.02 Å². The Morgan fingerprint density at radius 2 is 1.85 bits per heavy atom. The molecule has 0 aliphatic carbocycles. The Bertz CT molecular complexity index is 544. The molecule has 0 bridgehead atoms. The van der Waals surface area contributed by atoms with Gasteiger partial charge in [-0.05, 0) is 25.1 Å². The van der Waals surface area contributed by atoms with E-state index < -0.39 is 23.6 Å². The van der Waals surface area contributed by atoms with Gasteiger partial charge in [0, 0.05) is 15.1 Å². The van der Waals surface area contributed by atoms with E-state index in [-0.39, 0.29) is 10.6 Å². The highest BCUT2D eigenvalue weighted by Gasteiger charge is 2.58. The van der Waals surface area contributed by atoms with Crippen LogP contribution in [-0.4, -0.2) is 28.7 Å². The first-order chi connectivity index (χ1) is 8.97. The van der Waals surface area contributed by atoms with E-state index in [0.717, 1.165) is 6.07 Å². The summed E-state index contributed by atoms with van der Waals surface area (Å²) in [7, 11) is 0. The van der Waals surface area contributed by atoms with E-state index in [1.807, 2.05) is 0 Å². The molecule has 0 heterocycles. The Morgan fingerprint density at radius 1 is 1.30 bits per heavy atom. The minimum absolute atomic E-state index is 0.119. The lowest BCUT2D eigenvalue weighted by Crippen LogP contribution is -2.61. The van der Waals surface area contributed by atoms with Crippen LogP contribution in [0.1, 0.15) is 17.3 Å². The van der Waals surface area contributed by atoms with Gasteiger partial charge in [0.15, 0.2) is 0 Å². The van der Waals surface area contributed by atoms with Crippen LogP contribution in [0.5, 0.6) is 0 Å². The summed E-state index contributed by atoms with van der Waals surface area (Å²) >= 11 is 8.70. The maximum absolute atomic E-state index is 12.8. The fourth-order valence-electron chi connectivity index (χ4n) is 1.23. The molecule has 0 aliphatic heterocycles. The van der Waals surface area contributed by atoms with Crippen LogP contribution in [0.3, 0.4) is 0 Å². The molecule has 20 heavy (non-hydrogen) atoms. The highest BCUT2D eigenvalue weighted by molar-refractivity contribution is 9.10. The SMILES string of the molecule is CC(NC(=O)c1cc(Cl)cc(Br)c1)(C(=O)O)C(F)(F)F. The molecule has 2 N–H and O–H groups in total. The molecule has 1 amide bonds. The van der Waals surface area contributed by atoms with Gasteiger partial charge in [0.25, 0.3) is 5.91 Å². The number of carbonyl (C=O) groups is 2.